The lowest BCUT2D eigenvalue weighted by Gasteiger charge is -2.35. The third-order valence-corrected chi connectivity index (χ3v) is 5.20. The molecule has 1 aliphatic heterocycles. The molecule has 0 aromatic heterocycles. The monoisotopic (exact) mass is 412 g/mol. The minimum atomic E-state index is -0.00602. The molecule has 6 heteroatoms. The third kappa shape index (κ3) is 6.21. The summed E-state index contributed by atoms with van der Waals surface area (Å²) in [4.78, 5) is 16.8. The Bertz CT molecular complexity index is 797. The molecule has 2 atom stereocenters. The summed E-state index contributed by atoms with van der Waals surface area (Å²) in [7, 11) is 3.43. The van der Waals surface area contributed by atoms with Gasteiger partial charge in [0.2, 0.25) is 0 Å². The van der Waals surface area contributed by atoms with Crippen LogP contribution < -0.4 is 9.47 Å². The van der Waals surface area contributed by atoms with Crippen molar-refractivity contribution in [1.29, 1.82) is 0 Å². The highest BCUT2D eigenvalue weighted by molar-refractivity contribution is 5.94. The molecule has 6 nitrogen and oxygen atoms in total. The van der Waals surface area contributed by atoms with Crippen LogP contribution in [0.4, 0.5) is 0 Å². The summed E-state index contributed by atoms with van der Waals surface area (Å²) in [5.41, 5.74) is 1.90. The molecule has 1 amide bonds. The first-order valence-electron chi connectivity index (χ1n) is 10.4. The summed E-state index contributed by atoms with van der Waals surface area (Å²) < 4.78 is 16.6. The predicted octanol–water partition coefficient (Wildman–Crippen LogP) is 3.46. The Morgan fingerprint density at radius 1 is 1.03 bits per heavy atom. The van der Waals surface area contributed by atoms with Crippen LogP contribution in [0.25, 0.3) is 0 Å². The van der Waals surface area contributed by atoms with Gasteiger partial charge in [-0.1, -0.05) is 12.1 Å². The molecule has 162 valence electrons. The van der Waals surface area contributed by atoms with Crippen LogP contribution in [0.15, 0.2) is 48.5 Å². The molecule has 0 saturated carbocycles. The van der Waals surface area contributed by atoms with Gasteiger partial charge >= 0.3 is 0 Å². The maximum Gasteiger partial charge on any atom is 0.253 e. The van der Waals surface area contributed by atoms with Crippen LogP contribution in [0, 0.1) is 0 Å². The molecular weight excluding hydrogens is 380 g/mol. The minimum Gasteiger partial charge on any atom is -0.497 e. The van der Waals surface area contributed by atoms with Crippen LogP contribution >= 0.6 is 0 Å². The number of rotatable bonds is 8. The number of likely N-dealkylation sites (N-methyl/N-ethyl adjacent to an activating group) is 1. The number of methoxy groups -OCH3 is 1. The number of hydrogen-bond donors (Lipinski definition) is 0. The van der Waals surface area contributed by atoms with Crippen LogP contribution in [-0.2, 0) is 11.3 Å². The Hall–Kier alpha value is -2.57. The largest absolute Gasteiger partial charge is 0.497 e. The van der Waals surface area contributed by atoms with Crippen LogP contribution in [-0.4, -0.2) is 68.3 Å². The van der Waals surface area contributed by atoms with Gasteiger partial charge in [0.05, 0.1) is 25.9 Å². The second kappa shape index (κ2) is 10.5. The van der Waals surface area contributed by atoms with Crippen LogP contribution in [0.3, 0.4) is 0 Å². The normalized spacial score (nSPS) is 19.3. The van der Waals surface area contributed by atoms with E-state index in [-0.39, 0.29) is 18.1 Å². The van der Waals surface area contributed by atoms with Crippen molar-refractivity contribution in [2.75, 3.05) is 40.4 Å². The molecule has 0 bridgehead atoms. The van der Waals surface area contributed by atoms with Gasteiger partial charge in [-0.3, -0.25) is 9.69 Å². The van der Waals surface area contributed by atoms with E-state index in [0.29, 0.717) is 18.7 Å². The number of carbonyl (C=O) groups excluding carboxylic acids is 1. The molecule has 1 saturated heterocycles. The van der Waals surface area contributed by atoms with E-state index in [4.69, 9.17) is 14.2 Å². The van der Waals surface area contributed by atoms with E-state index in [2.05, 4.69) is 18.7 Å². The number of nitrogens with zero attached hydrogens (tertiary/aromatic N) is 2. The molecule has 2 aromatic rings. The Kier molecular flexibility index (Phi) is 7.71. The van der Waals surface area contributed by atoms with E-state index < -0.39 is 0 Å². The zero-order chi connectivity index (χ0) is 21.5. The molecule has 1 fully saturated rings. The van der Waals surface area contributed by atoms with Gasteiger partial charge in [-0.2, -0.15) is 0 Å². The number of benzene rings is 2. The fourth-order valence-corrected chi connectivity index (χ4v) is 3.72. The summed E-state index contributed by atoms with van der Waals surface area (Å²) in [6.45, 7) is 7.90. The topological polar surface area (TPSA) is 51.2 Å². The van der Waals surface area contributed by atoms with E-state index in [9.17, 15) is 4.79 Å². The van der Waals surface area contributed by atoms with Gasteiger partial charge in [-0.15, -0.1) is 0 Å². The fourth-order valence-electron chi connectivity index (χ4n) is 3.72. The Morgan fingerprint density at radius 2 is 1.63 bits per heavy atom. The summed E-state index contributed by atoms with van der Waals surface area (Å²) in [6.07, 6.45) is 0.506. The van der Waals surface area contributed by atoms with Gasteiger partial charge in [-0.25, -0.2) is 0 Å². The molecule has 30 heavy (non-hydrogen) atoms. The van der Waals surface area contributed by atoms with Crippen molar-refractivity contribution in [3.63, 3.8) is 0 Å². The lowest BCUT2D eigenvalue weighted by atomic mass is 10.1. The first kappa shape index (κ1) is 22.1. The first-order valence-corrected chi connectivity index (χ1v) is 10.4. The predicted molar refractivity (Wildman–Crippen MR) is 117 cm³/mol. The van der Waals surface area contributed by atoms with Gasteiger partial charge in [-0.05, 0) is 55.8 Å². The maximum atomic E-state index is 12.7. The van der Waals surface area contributed by atoms with Crippen LogP contribution in [0.5, 0.6) is 11.5 Å². The van der Waals surface area contributed by atoms with E-state index in [1.807, 2.05) is 48.5 Å². The van der Waals surface area contributed by atoms with Crippen molar-refractivity contribution in [2.24, 2.45) is 0 Å². The summed E-state index contributed by atoms with van der Waals surface area (Å²) in [5, 5.41) is 0. The lowest BCUT2D eigenvalue weighted by Crippen LogP contribution is -2.44. The average Bonchev–Trinajstić information content (AvgIpc) is 2.73. The van der Waals surface area contributed by atoms with E-state index in [1.54, 1.807) is 19.1 Å². The maximum absolute atomic E-state index is 12.7. The summed E-state index contributed by atoms with van der Waals surface area (Å²) in [5.74, 6) is 1.54. The highest BCUT2D eigenvalue weighted by Crippen LogP contribution is 2.17. The fraction of sp³-hybridized carbons (Fsp3) is 0.458. The molecule has 0 N–H and O–H groups in total. The standard InChI is InChI=1S/C24H32N2O4/c1-18-15-26(16-19(2)30-18)17-20-5-7-21(8-6-20)24(27)25(3)13-14-29-23-11-9-22(28-4)10-12-23/h5-12,18-19H,13-17H2,1-4H3. The molecule has 1 aliphatic rings. The summed E-state index contributed by atoms with van der Waals surface area (Å²) >= 11 is 0. The van der Waals surface area contributed by atoms with Crippen molar-refractivity contribution in [3.05, 3.63) is 59.7 Å². The van der Waals surface area contributed by atoms with Gasteiger partial charge < -0.3 is 19.1 Å². The van der Waals surface area contributed by atoms with Crippen LogP contribution in [0.1, 0.15) is 29.8 Å². The zero-order valence-electron chi connectivity index (χ0n) is 18.3. The number of morpholine rings is 1. The Morgan fingerprint density at radius 3 is 2.23 bits per heavy atom. The first-order chi connectivity index (χ1) is 14.4. The molecular formula is C24H32N2O4. The van der Waals surface area contributed by atoms with Gasteiger partial charge in [0.1, 0.15) is 18.1 Å². The van der Waals surface area contributed by atoms with Crippen molar-refractivity contribution in [2.45, 2.75) is 32.6 Å². The van der Waals surface area contributed by atoms with Gasteiger partial charge in [0.25, 0.3) is 5.91 Å². The number of hydrogen-bond acceptors (Lipinski definition) is 5. The van der Waals surface area contributed by atoms with Crippen LogP contribution in [0.2, 0.25) is 0 Å². The third-order valence-electron chi connectivity index (χ3n) is 5.20. The van der Waals surface area contributed by atoms with Gasteiger partial charge in [0.15, 0.2) is 0 Å². The van der Waals surface area contributed by atoms with E-state index in [0.717, 1.165) is 31.1 Å². The molecule has 0 radical (unpaired) electrons. The Balaban J connectivity index is 1.47. The number of ether oxygens (including phenoxy) is 3. The molecule has 0 aliphatic carbocycles. The van der Waals surface area contributed by atoms with Crippen molar-refractivity contribution >= 4 is 5.91 Å². The number of amides is 1. The second-order valence-corrected chi connectivity index (χ2v) is 7.90. The quantitative estimate of drug-likeness (QED) is 0.665. The van der Waals surface area contributed by atoms with E-state index >= 15 is 0 Å². The highest BCUT2D eigenvalue weighted by Gasteiger charge is 2.22. The minimum absolute atomic E-state index is 0.00602. The van der Waals surface area contributed by atoms with Crippen molar-refractivity contribution < 1.29 is 19.0 Å². The Labute approximate surface area is 179 Å². The SMILES string of the molecule is COc1ccc(OCCN(C)C(=O)c2ccc(CN3CC(C)OC(C)C3)cc2)cc1. The molecule has 2 unspecified atom stereocenters. The molecule has 3 rings (SSSR count). The van der Waals surface area contributed by atoms with Gasteiger partial charge in [0, 0.05) is 32.2 Å². The smallest absolute Gasteiger partial charge is 0.253 e. The molecule has 0 spiro atoms. The molecule has 2 aromatic carbocycles. The number of carbonyl (C=O) groups is 1. The zero-order valence-corrected chi connectivity index (χ0v) is 18.3. The lowest BCUT2D eigenvalue weighted by molar-refractivity contribution is -0.0704. The summed E-state index contributed by atoms with van der Waals surface area (Å²) in [6, 6.07) is 15.3. The average molecular weight is 413 g/mol. The second-order valence-electron chi connectivity index (χ2n) is 7.90. The van der Waals surface area contributed by atoms with Crippen molar-refractivity contribution in [1.82, 2.24) is 9.80 Å². The van der Waals surface area contributed by atoms with E-state index in [1.165, 1.54) is 5.56 Å². The van der Waals surface area contributed by atoms with Crippen molar-refractivity contribution in [3.8, 4) is 11.5 Å². The highest BCUT2D eigenvalue weighted by atomic mass is 16.5. The molecule has 1 heterocycles.